The van der Waals surface area contributed by atoms with Crippen molar-refractivity contribution >= 4 is 5.91 Å². The summed E-state index contributed by atoms with van der Waals surface area (Å²) in [5.41, 5.74) is 5.80. The number of halogens is 2. The number of nitrogens with zero attached hydrogens (tertiary/aromatic N) is 1. The average molecular weight is 246 g/mol. The molecular formula is C12H20F2N2O. The minimum Gasteiger partial charge on any atom is -0.342 e. The Morgan fingerprint density at radius 1 is 1.47 bits per heavy atom. The van der Waals surface area contributed by atoms with Gasteiger partial charge in [-0.05, 0) is 25.7 Å². The summed E-state index contributed by atoms with van der Waals surface area (Å²) in [4.78, 5) is 13.8. The number of alkyl halides is 2. The van der Waals surface area contributed by atoms with E-state index in [-0.39, 0.29) is 24.8 Å². The van der Waals surface area contributed by atoms with Crippen LogP contribution in [0.4, 0.5) is 8.78 Å². The molecule has 5 heteroatoms. The van der Waals surface area contributed by atoms with Gasteiger partial charge < -0.3 is 10.6 Å². The fraction of sp³-hybridized carbons (Fsp3) is 0.917. The Morgan fingerprint density at radius 2 is 2.18 bits per heavy atom. The van der Waals surface area contributed by atoms with Crippen molar-refractivity contribution in [1.29, 1.82) is 0 Å². The largest absolute Gasteiger partial charge is 0.342 e. The summed E-state index contributed by atoms with van der Waals surface area (Å²) >= 11 is 0. The predicted octanol–water partition coefficient (Wildman–Crippen LogP) is 1.62. The highest BCUT2D eigenvalue weighted by atomic mass is 19.3. The molecule has 0 bridgehead atoms. The molecule has 1 saturated heterocycles. The van der Waals surface area contributed by atoms with Crippen LogP contribution in [0.2, 0.25) is 0 Å². The Kier molecular flexibility index (Phi) is 3.39. The normalized spacial score (nSPS) is 34.0. The molecule has 2 aliphatic rings. The van der Waals surface area contributed by atoms with E-state index < -0.39 is 11.8 Å². The lowest BCUT2D eigenvalue weighted by atomic mass is 10.0. The number of carbonyl (C=O) groups excluding carboxylic acids is 1. The van der Waals surface area contributed by atoms with E-state index in [1.807, 2.05) is 6.92 Å². The lowest BCUT2D eigenvalue weighted by Gasteiger charge is -2.21. The number of rotatable bonds is 2. The zero-order valence-corrected chi connectivity index (χ0v) is 10.2. The van der Waals surface area contributed by atoms with Crippen LogP contribution in [-0.4, -0.2) is 35.9 Å². The van der Waals surface area contributed by atoms with E-state index >= 15 is 0 Å². The Morgan fingerprint density at radius 3 is 2.65 bits per heavy atom. The van der Waals surface area contributed by atoms with Crippen LogP contribution >= 0.6 is 0 Å². The summed E-state index contributed by atoms with van der Waals surface area (Å²) in [6.45, 7) is 3.24. The van der Waals surface area contributed by atoms with E-state index in [1.54, 1.807) is 4.90 Å². The first-order valence-electron chi connectivity index (χ1n) is 6.31. The van der Waals surface area contributed by atoms with Crippen molar-refractivity contribution in [2.24, 2.45) is 17.6 Å². The molecule has 1 amide bonds. The van der Waals surface area contributed by atoms with Crippen LogP contribution in [0.5, 0.6) is 0 Å². The number of amides is 1. The molecule has 0 spiro atoms. The second-order valence-corrected chi connectivity index (χ2v) is 5.49. The quantitative estimate of drug-likeness (QED) is 0.804. The summed E-state index contributed by atoms with van der Waals surface area (Å²) in [5, 5.41) is 0. The molecule has 0 aromatic rings. The van der Waals surface area contributed by atoms with Gasteiger partial charge in [0.25, 0.3) is 0 Å². The van der Waals surface area contributed by atoms with E-state index in [2.05, 4.69) is 0 Å². The molecule has 0 aromatic heterocycles. The van der Waals surface area contributed by atoms with Crippen LogP contribution in [0.15, 0.2) is 0 Å². The minimum absolute atomic E-state index is 0.0674. The number of likely N-dealkylation sites (tertiary alicyclic amines) is 1. The van der Waals surface area contributed by atoms with Crippen LogP contribution in [0, 0.1) is 11.8 Å². The maximum atomic E-state index is 13.1. The van der Waals surface area contributed by atoms with E-state index in [4.69, 9.17) is 5.73 Å². The molecule has 3 atom stereocenters. The molecule has 17 heavy (non-hydrogen) atoms. The predicted molar refractivity (Wildman–Crippen MR) is 60.6 cm³/mol. The highest BCUT2D eigenvalue weighted by Gasteiger charge is 2.44. The number of hydrogen-bond donors (Lipinski definition) is 1. The van der Waals surface area contributed by atoms with Gasteiger partial charge in [-0.3, -0.25) is 4.79 Å². The molecule has 98 valence electrons. The highest BCUT2D eigenvalue weighted by Crippen LogP contribution is 2.40. The average Bonchev–Trinajstić information content (AvgIpc) is 2.83. The summed E-state index contributed by atoms with van der Waals surface area (Å²) < 4.78 is 26.1. The van der Waals surface area contributed by atoms with Crippen LogP contribution < -0.4 is 5.73 Å². The van der Waals surface area contributed by atoms with Gasteiger partial charge in [-0.1, -0.05) is 0 Å². The SMILES string of the molecule is CC(N)C1CCN(C(=O)C2CCC(F)(F)C2)C1. The molecule has 1 aliphatic heterocycles. The molecule has 2 N–H and O–H groups in total. The molecule has 3 unspecified atom stereocenters. The van der Waals surface area contributed by atoms with Crippen molar-refractivity contribution < 1.29 is 13.6 Å². The fourth-order valence-corrected chi connectivity index (χ4v) is 2.84. The van der Waals surface area contributed by atoms with Gasteiger partial charge in [0.1, 0.15) is 0 Å². The third-order valence-corrected chi connectivity index (χ3v) is 4.03. The molecule has 1 heterocycles. The Balaban J connectivity index is 1.90. The van der Waals surface area contributed by atoms with Crippen molar-refractivity contribution in [3.8, 4) is 0 Å². The van der Waals surface area contributed by atoms with Gasteiger partial charge in [-0.15, -0.1) is 0 Å². The summed E-state index contributed by atoms with van der Waals surface area (Å²) in [6.07, 6.45) is 0.802. The van der Waals surface area contributed by atoms with Gasteiger partial charge in [0.05, 0.1) is 0 Å². The van der Waals surface area contributed by atoms with E-state index in [0.29, 0.717) is 25.4 Å². The zero-order valence-electron chi connectivity index (χ0n) is 10.2. The van der Waals surface area contributed by atoms with Gasteiger partial charge in [0.2, 0.25) is 11.8 Å². The van der Waals surface area contributed by atoms with Crippen LogP contribution in [0.1, 0.15) is 32.6 Å². The third kappa shape index (κ3) is 2.76. The van der Waals surface area contributed by atoms with Gasteiger partial charge in [0, 0.05) is 37.9 Å². The van der Waals surface area contributed by atoms with E-state index in [1.165, 1.54) is 0 Å². The summed E-state index contributed by atoms with van der Waals surface area (Å²) in [5.74, 6) is -2.89. The molecule has 0 aromatic carbocycles. The van der Waals surface area contributed by atoms with Crippen molar-refractivity contribution in [3.63, 3.8) is 0 Å². The van der Waals surface area contributed by atoms with Gasteiger partial charge in [0.15, 0.2) is 0 Å². The second kappa shape index (κ2) is 4.52. The molecular weight excluding hydrogens is 226 g/mol. The van der Waals surface area contributed by atoms with Gasteiger partial charge >= 0.3 is 0 Å². The summed E-state index contributed by atoms with van der Waals surface area (Å²) in [6, 6.07) is 0.0674. The minimum atomic E-state index is -2.64. The molecule has 1 saturated carbocycles. The first-order valence-corrected chi connectivity index (χ1v) is 6.31. The van der Waals surface area contributed by atoms with Crippen molar-refractivity contribution in [2.45, 2.75) is 44.6 Å². The molecule has 2 fully saturated rings. The maximum absolute atomic E-state index is 13.1. The van der Waals surface area contributed by atoms with Gasteiger partial charge in [-0.2, -0.15) is 0 Å². The van der Waals surface area contributed by atoms with Crippen LogP contribution in [0.25, 0.3) is 0 Å². The van der Waals surface area contributed by atoms with Crippen molar-refractivity contribution in [2.75, 3.05) is 13.1 Å². The van der Waals surface area contributed by atoms with E-state index in [0.717, 1.165) is 6.42 Å². The molecule has 1 aliphatic carbocycles. The summed E-state index contributed by atoms with van der Waals surface area (Å²) in [7, 11) is 0. The first kappa shape index (κ1) is 12.7. The topological polar surface area (TPSA) is 46.3 Å². The van der Waals surface area contributed by atoms with Crippen molar-refractivity contribution in [3.05, 3.63) is 0 Å². The van der Waals surface area contributed by atoms with Crippen molar-refractivity contribution in [1.82, 2.24) is 4.90 Å². The number of hydrogen-bond acceptors (Lipinski definition) is 2. The standard InChI is InChI=1S/C12H20F2N2O/c1-8(15)10-3-5-16(7-10)11(17)9-2-4-12(13,14)6-9/h8-10H,2-7,15H2,1H3. The van der Waals surface area contributed by atoms with Gasteiger partial charge in [-0.25, -0.2) is 8.78 Å². The highest BCUT2D eigenvalue weighted by molar-refractivity contribution is 5.79. The maximum Gasteiger partial charge on any atom is 0.248 e. The van der Waals surface area contributed by atoms with Crippen LogP contribution in [0.3, 0.4) is 0 Å². The third-order valence-electron chi connectivity index (χ3n) is 4.03. The smallest absolute Gasteiger partial charge is 0.248 e. The lowest BCUT2D eigenvalue weighted by molar-refractivity contribution is -0.135. The second-order valence-electron chi connectivity index (χ2n) is 5.49. The fourth-order valence-electron chi connectivity index (χ4n) is 2.84. The number of carbonyl (C=O) groups is 1. The Labute approximate surface area is 100 Å². The molecule has 3 nitrogen and oxygen atoms in total. The number of nitrogens with two attached hydrogens (primary N) is 1. The molecule has 2 rings (SSSR count). The monoisotopic (exact) mass is 246 g/mol. The Bertz CT molecular complexity index is 307. The van der Waals surface area contributed by atoms with E-state index in [9.17, 15) is 13.6 Å². The lowest BCUT2D eigenvalue weighted by Crippen LogP contribution is -2.36. The Hall–Kier alpha value is -0.710. The molecule has 0 radical (unpaired) electrons. The zero-order chi connectivity index (χ0) is 12.6. The first-order chi connectivity index (χ1) is 7.89. The van der Waals surface area contributed by atoms with Crippen LogP contribution in [-0.2, 0) is 4.79 Å².